The van der Waals surface area contributed by atoms with E-state index in [-0.39, 0.29) is 0 Å². The number of para-hydroxylation sites is 1. The molecule has 0 bridgehead atoms. The molecular formula is C19H18N4O2. The van der Waals surface area contributed by atoms with Crippen molar-refractivity contribution < 1.29 is 9.53 Å². The lowest BCUT2D eigenvalue weighted by atomic mass is 10.2. The molecule has 0 radical (unpaired) electrons. The van der Waals surface area contributed by atoms with Gasteiger partial charge in [0.25, 0.3) is 0 Å². The van der Waals surface area contributed by atoms with Crippen molar-refractivity contribution >= 4 is 23.4 Å². The van der Waals surface area contributed by atoms with E-state index in [0.29, 0.717) is 29.6 Å². The van der Waals surface area contributed by atoms with Crippen LogP contribution < -0.4 is 10.6 Å². The summed E-state index contributed by atoms with van der Waals surface area (Å²) in [6, 6.07) is 18.9. The van der Waals surface area contributed by atoms with Crippen LogP contribution in [0, 0.1) is 0 Å². The fourth-order valence-corrected chi connectivity index (χ4v) is 2.31. The predicted octanol–water partition coefficient (Wildman–Crippen LogP) is 3.62. The van der Waals surface area contributed by atoms with Crippen molar-refractivity contribution in [3.05, 3.63) is 78.0 Å². The fourth-order valence-electron chi connectivity index (χ4n) is 2.31. The van der Waals surface area contributed by atoms with Gasteiger partial charge in [-0.15, -0.1) is 0 Å². The maximum absolute atomic E-state index is 11.8. The maximum Gasteiger partial charge on any atom is 0.339 e. The summed E-state index contributed by atoms with van der Waals surface area (Å²) in [6.07, 6.45) is 1.66. The first-order chi connectivity index (χ1) is 12.3. The Morgan fingerprint density at radius 2 is 1.80 bits per heavy atom. The van der Waals surface area contributed by atoms with Crippen LogP contribution in [0.1, 0.15) is 15.9 Å². The molecule has 0 saturated carbocycles. The molecule has 0 spiro atoms. The summed E-state index contributed by atoms with van der Waals surface area (Å²) in [5, 5.41) is 6.32. The molecule has 6 nitrogen and oxygen atoms in total. The summed E-state index contributed by atoms with van der Waals surface area (Å²) >= 11 is 0. The second kappa shape index (κ2) is 7.92. The van der Waals surface area contributed by atoms with Gasteiger partial charge < -0.3 is 15.4 Å². The average molecular weight is 334 g/mol. The zero-order valence-corrected chi connectivity index (χ0v) is 13.8. The van der Waals surface area contributed by atoms with Gasteiger partial charge in [0, 0.05) is 12.7 Å². The van der Waals surface area contributed by atoms with Gasteiger partial charge in [-0.2, -0.15) is 4.98 Å². The Hall–Kier alpha value is -3.41. The molecule has 0 amide bonds. The number of aromatic nitrogens is 2. The quantitative estimate of drug-likeness (QED) is 0.671. The van der Waals surface area contributed by atoms with Gasteiger partial charge in [-0.05, 0) is 23.8 Å². The predicted molar refractivity (Wildman–Crippen MR) is 96.9 cm³/mol. The standard InChI is InChI=1S/C19H18N4O2/c1-25-18(24)15-9-5-6-10-16(15)22-19-20-12-11-17(23-19)21-13-14-7-3-2-4-8-14/h2-12H,13H2,1H3,(H2,20,21,22,23). The number of methoxy groups -OCH3 is 1. The minimum absolute atomic E-state index is 0.398. The average Bonchev–Trinajstić information content (AvgIpc) is 2.67. The number of anilines is 3. The molecule has 3 aromatic rings. The first kappa shape index (κ1) is 16.4. The van der Waals surface area contributed by atoms with Gasteiger partial charge in [0.2, 0.25) is 5.95 Å². The third kappa shape index (κ3) is 4.32. The van der Waals surface area contributed by atoms with Gasteiger partial charge in [0.1, 0.15) is 5.82 Å². The summed E-state index contributed by atoms with van der Waals surface area (Å²) in [5.74, 6) is 0.674. The number of nitrogens with zero attached hydrogens (tertiary/aromatic N) is 2. The molecule has 3 rings (SSSR count). The van der Waals surface area contributed by atoms with Gasteiger partial charge >= 0.3 is 5.97 Å². The Morgan fingerprint density at radius 1 is 1.04 bits per heavy atom. The third-order valence-corrected chi connectivity index (χ3v) is 3.55. The van der Waals surface area contributed by atoms with Crippen LogP contribution in [-0.4, -0.2) is 23.0 Å². The van der Waals surface area contributed by atoms with Crippen molar-refractivity contribution in [2.24, 2.45) is 0 Å². The zero-order valence-electron chi connectivity index (χ0n) is 13.8. The van der Waals surface area contributed by atoms with Crippen LogP contribution >= 0.6 is 0 Å². The summed E-state index contributed by atoms with van der Waals surface area (Å²) < 4.78 is 4.79. The van der Waals surface area contributed by atoms with E-state index < -0.39 is 5.97 Å². The van der Waals surface area contributed by atoms with Crippen LogP contribution in [0.15, 0.2) is 66.9 Å². The summed E-state index contributed by atoms with van der Waals surface area (Å²) in [5.41, 5.74) is 2.18. The highest BCUT2D eigenvalue weighted by Gasteiger charge is 2.12. The normalized spacial score (nSPS) is 10.1. The van der Waals surface area contributed by atoms with E-state index in [4.69, 9.17) is 4.74 Å². The summed E-state index contributed by atoms with van der Waals surface area (Å²) in [6.45, 7) is 0.663. The lowest BCUT2D eigenvalue weighted by molar-refractivity contribution is 0.0602. The topological polar surface area (TPSA) is 76.1 Å². The number of carbonyl (C=O) groups is 1. The highest BCUT2D eigenvalue weighted by molar-refractivity contribution is 5.96. The molecule has 0 saturated heterocycles. The van der Waals surface area contributed by atoms with Crippen molar-refractivity contribution in [3.63, 3.8) is 0 Å². The number of rotatable bonds is 6. The lowest BCUT2D eigenvalue weighted by Gasteiger charge is -2.11. The lowest BCUT2D eigenvalue weighted by Crippen LogP contribution is -2.08. The molecule has 2 aromatic carbocycles. The maximum atomic E-state index is 11.8. The summed E-state index contributed by atoms with van der Waals surface area (Å²) in [4.78, 5) is 20.5. The van der Waals surface area contributed by atoms with Crippen LogP contribution in [0.5, 0.6) is 0 Å². The molecule has 2 N–H and O–H groups in total. The van der Waals surface area contributed by atoms with Crippen molar-refractivity contribution in [1.29, 1.82) is 0 Å². The van der Waals surface area contributed by atoms with Gasteiger partial charge in [0.15, 0.2) is 0 Å². The monoisotopic (exact) mass is 334 g/mol. The Labute approximate surface area is 145 Å². The van der Waals surface area contributed by atoms with Crippen molar-refractivity contribution in [2.75, 3.05) is 17.7 Å². The zero-order chi connectivity index (χ0) is 17.5. The van der Waals surface area contributed by atoms with Crippen LogP contribution in [0.4, 0.5) is 17.5 Å². The minimum Gasteiger partial charge on any atom is -0.465 e. The summed E-state index contributed by atoms with van der Waals surface area (Å²) in [7, 11) is 1.35. The van der Waals surface area contributed by atoms with Crippen LogP contribution in [0.25, 0.3) is 0 Å². The van der Waals surface area contributed by atoms with Crippen molar-refractivity contribution in [2.45, 2.75) is 6.54 Å². The first-order valence-electron chi connectivity index (χ1n) is 7.81. The molecule has 0 aliphatic carbocycles. The van der Waals surface area contributed by atoms with E-state index in [1.54, 1.807) is 30.5 Å². The van der Waals surface area contributed by atoms with Gasteiger partial charge in [-0.3, -0.25) is 0 Å². The molecule has 1 heterocycles. The molecule has 0 aliphatic rings. The third-order valence-electron chi connectivity index (χ3n) is 3.55. The Kier molecular flexibility index (Phi) is 5.21. The molecule has 1 aromatic heterocycles. The van der Waals surface area contributed by atoms with Crippen molar-refractivity contribution in [1.82, 2.24) is 9.97 Å². The number of esters is 1. The molecule has 0 fully saturated rings. The largest absolute Gasteiger partial charge is 0.465 e. The van der Waals surface area contributed by atoms with E-state index in [2.05, 4.69) is 20.6 Å². The highest BCUT2D eigenvalue weighted by Crippen LogP contribution is 2.20. The van der Waals surface area contributed by atoms with E-state index in [9.17, 15) is 4.79 Å². The molecule has 0 unspecified atom stereocenters. The van der Waals surface area contributed by atoms with Crippen LogP contribution in [0.2, 0.25) is 0 Å². The number of benzene rings is 2. The van der Waals surface area contributed by atoms with Crippen LogP contribution in [0.3, 0.4) is 0 Å². The molecule has 6 heteroatoms. The first-order valence-corrected chi connectivity index (χ1v) is 7.81. The SMILES string of the molecule is COC(=O)c1ccccc1Nc1nccc(NCc2ccccc2)n1. The Bertz CT molecular complexity index is 853. The van der Waals surface area contributed by atoms with Crippen LogP contribution in [-0.2, 0) is 11.3 Å². The van der Waals surface area contributed by atoms with Crippen molar-refractivity contribution in [3.8, 4) is 0 Å². The van der Waals surface area contributed by atoms with E-state index >= 15 is 0 Å². The molecule has 126 valence electrons. The van der Waals surface area contributed by atoms with Gasteiger partial charge in [-0.25, -0.2) is 9.78 Å². The van der Waals surface area contributed by atoms with E-state index in [1.165, 1.54) is 7.11 Å². The number of nitrogens with one attached hydrogen (secondary N) is 2. The highest BCUT2D eigenvalue weighted by atomic mass is 16.5. The molecule has 0 atom stereocenters. The smallest absolute Gasteiger partial charge is 0.339 e. The molecule has 0 aliphatic heterocycles. The Balaban J connectivity index is 1.73. The molecular weight excluding hydrogens is 316 g/mol. The minimum atomic E-state index is -0.415. The number of hydrogen-bond donors (Lipinski definition) is 2. The number of hydrogen-bond acceptors (Lipinski definition) is 6. The molecule has 25 heavy (non-hydrogen) atoms. The van der Waals surface area contributed by atoms with E-state index in [0.717, 1.165) is 5.56 Å². The second-order valence-corrected chi connectivity index (χ2v) is 5.27. The number of ether oxygens (including phenoxy) is 1. The fraction of sp³-hybridized carbons (Fsp3) is 0.105. The van der Waals surface area contributed by atoms with E-state index in [1.807, 2.05) is 36.4 Å². The second-order valence-electron chi connectivity index (χ2n) is 5.27. The number of carbonyl (C=O) groups excluding carboxylic acids is 1. The van der Waals surface area contributed by atoms with Gasteiger partial charge in [0.05, 0.1) is 18.4 Å². The Morgan fingerprint density at radius 3 is 2.60 bits per heavy atom. The van der Waals surface area contributed by atoms with Gasteiger partial charge in [-0.1, -0.05) is 42.5 Å².